The summed E-state index contributed by atoms with van der Waals surface area (Å²) in [6, 6.07) is 8.54. The fourth-order valence-corrected chi connectivity index (χ4v) is 3.96. The van der Waals surface area contributed by atoms with Gasteiger partial charge >= 0.3 is 5.97 Å². The number of aromatic nitrogens is 2. The second-order valence-electron chi connectivity index (χ2n) is 9.69. The lowest BCUT2D eigenvalue weighted by molar-refractivity contribution is -0.142. The Morgan fingerprint density at radius 2 is 1.85 bits per heavy atom. The van der Waals surface area contributed by atoms with E-state index in [-0.39, 0.29) is 18.1 Å². The Labute approximate surface area is 195 Å². The lowest BCUT2D eigenvalue weighted by Crippen LogP contribution is -2.49. The molecule has 1 saturated heterocycles. The van der Waals surface area contributed by atoms with E-state index in [0.29, 0.717) is 23.9 Å². The van der Waals surface area contributed by atoms with Gasteiger partial charge in [-0.1, -0.05) is 51.1 Å². The highest BCUT2D eigenvalue weighted by Gasteiger charge is 2.34. The van der Waals surface area contributed by atoms with Crippen LogP contribution in [0.3, 0.4) is 0 Å². The minimum atomic E-state index is -1.09. The Morgan fingerprint density at radius 1 is 1.18 bits per heavy atom. The van der Waals surface area contributed by atoms with Crippen LogP contribution >= 0.6 is 0 Å². The maximum Gasteiger partial charge on any atom is 0.326 e. The highest BCUT2D eigenvalue weighted by molar-refractivity contribution is 5.97. The number of amides is 1. The van der Waals surface area contributed by atoms with Gasteiger partial charge in [0.05, 0.1) is 5.69 Å². The summed E-state index contributed by atoms with van der Waals surface area (Å²) in [6.07, 6.45) is 2.73. The van der Waals surface area contributed by atoms with Crippen LogP contribution in [0.4, 0.5) is 0 Å². The number of hydrogen-bond donors (Lipinski definition) is 3. The van der Waals surface area contributed by atoms with Gasteiger partial charge < -0.3 is 20.5 Å². The van der Waals surface area contributed by atoms with Gasteiger partial charge in [-0.05, 0) is 49.8 Å². The van der Waals surface area contributed by atoms with Crippen molar-refractivity contribution in [3.8, 4) is 5.75 Å². The number of carbonyl (C=O) groups is 2. The van der Waals surface area contributed by atoms with Gasteiger partial charge in [-0.3, -0.25) is 4.79 Å². The number of aryl methyl sites for hydroxylation is 1. The molecule has 1 aromatic heterocycles. The zero-order chi connectivity index (χ0) is 24.0. The third kappa shape index (κ3) is 6.74. The summed E-state index contributed by atoms with van der Waals surface area (Å²) in [5.74, 6) is -0.359. The van der Waals surface area contributed by atoms with E-state index < -0.39 is 23.3 Å². The van der Waals surface area contributed by atoms with Crippen molar-refractivity contribution in [1.82, 2.24) is 20.6 Å². The monoisotopic (exact) mass is 454 g/mol. The van der Waals surface area contributed by atoms with Crippen molar-refractivity contribution in [3.05, 3.63) is 53.1 Å². The number of carboxylic acids is 1. The van der Waals surface area contributed by atoms with Crippen molar-refractivity contribution in [3.63, 3.8) is 0 Å². The lowest BCUT2D eigenvalue weighted by Gasteiger charge is -2.28. The average Bonchev–Trinajstić information content (AvgIpc) is 2.76. The Morgan fingerprint density at radius 3 is 2.45 bits per heavy atom. The number of carbonyl (C=O) groups excluding carboxylic acids is 1. The predicted octanol–water partition coefficient (Wildman–Crippen LogP) is 3.14. The van der Waals surface area contributed by atoms with Crippen LogP contribution in [0.5, 0.6) is 5.75 Å². The van der Waals surface area contributed by atoms with Crippen molar-refractivity contribution >= 4 is 11.9 Å². The van der Waals surface area contributed by atoms with E-state index in [1.165, 1.54) is 0 Å². The molecule has 1 aliphatic heterocycles. The molecule has 3 N–H and O–H groups in total. The third-order valence-electron chi connectivity index (χ3n) is 5.84. The minimum absolute atomic E-state index is 0.0814. The number of benzene rings is 1. The molecule has 2 heterocycles. The minimum Gasteiger partial charge on any atom is -0.485 e. The highest BCUT2D eigenvalue weighted by Crippen LogP contribution is 2.26. The average molecular weight is 455 g/mol. The molecule has 0 saturated carbocycles. The Hall–Kier alpha value is -3.00. The van der Waals surface area contributed by atoms with Crippen LogP contribution in [-0.2, 0) is 17.8 Å². The van der Waals surface area contributed by atoms with E-state index in [0.717, 1.165) is 31.5 Å². The number of hydrogen-bond acceptors (Lipinski definition) is 6. The molecule has 1 unspecified atom stereocenters. The molecule has 1 atom stereocenters. The molecule has 3 rings (SSSR count). The van der Waals surface area contributed by atoms with Crippen molar-refractivity contribution in [2.75, 3.05) is 13.1 Å². The van der Waals surface area contributed by atoms with E-state index in [1.807, 2.05) is 30.3 Å². The lowest BCUT2D eigenvalue weighted by atomic mass is 9.86. The number of nitrogens with zero attached hydrogens (tertiary/aromatic N) is 2. The summed E-state index contributed by atoms with van der Waals surface area (Å²) < 4.78 is 6.00. The first-order valence-electron chi connectivity index (χ1n) is 11.4. The highest BCUT2D eigenvalue weighted by atomic mass is 16.5. The van der Waals surface area contributed by atoms with E-state index in [9.17, 15) is 14.7 Å². The molecule has 33 heavy (non-hydrogen) atoms. The van der Waals surface area contributed by atoms with E-state index >= 15 is 0 Å². The predicted molar refractivity (Wildman–Crippen MR) is 125 cm³/mol. The van der Waals surface area contributed by atoms with Crippen LogP contribution < -0.4 is 15.4 Å². The summed E-state index contributed by atoms with van der Waals surface area (Å²) in [7, 11) is 0. The first-order chi connectivity index (χ1) is 15.6. The first kappa shape index (κ1) is 24.6. The number of piperidine rings is 1. The van der Waals surface area contributed by atoms with Gasteiger partial charge in [0.1, 0.15) is 18.5 Å². The largest absolute Gasteiger partial charge is 0.485 e. The number of nitrogens with one attached hydrogen (secondary N) is 2. The van der Waals surface area contributed by atoms with Crippen LogP contribution in [0.15, 0.2) is 30.3 Å². The molecular formula is C25H34N4O4. The van der Waals surface area contributed by atoms with Gasteiger partial charge in [-0.25, -0.2) is 14.8 Å². The molecule has 0 radical (unpaired) electrons. The van der Waals surface area contributed by atoms with Gasteiger partial charge in [-0.15, -0.1) is 0 Å². The van der Waals surface area contributed by atoms with Crippen molar-refractivity contribution in [2.45, 2.75) is 59.6 Å². The van der Waals surface area contributed by atoms with Gasteiger partial charge in [0, 0.05) is 6.42 Å². The van der Waals surface area contributed by atoms with Crippen LogP contribution in [0.25, 0.3) is 0 Å². The SMILES string of the molecule is Cc1nc(CC2CCNCC2)nc(C(=O)NC(C(=O)O)C(C)(C)C)c1OCc1ccccc1. The van der Waals surface area contributed by atoms with E-state index in [2.05, 4.69) is 20.6 Å². The second-order valence-corrected chi connectivity index (χ2v) is 9.69. The molecule has 2 aromatic rings. The molecule has 1 aliphatic rings. The Kier molecular flexibility index (Phi) is 8.02. The van der Waals surface area contributed by atoms with Crippen LogP contribution in [-0.4, -0.2) is 46.1 Å². The standard InChI is InChI=1S/C25H34N4O4/c1-16-21(33-15-18-8-6-5-7-9-18)20(23(30)29-22(24(31)32)25(2,3)4)28-19(27-16)14-17-10-12-26-13-11-17/h5-9,17,22,26H,10-15H2,1-4H3,(H,29,30)(H,31,32). The van der Waals surface area contributed by atoms with E-state index in [1.54, 1.807) is 27.7 Å². The molecule has 0 spiro atoms. The molecular weight excluding hydrogens is 420 g/mol. The van der Waals surface area contributed by atoms with Crippen LogP contribution in [0.2, 0.25) is 0 Å². The quantitative estimate of drug-likeness (QED) is 0.561. The summed E-state index contributed by atoms with van der Waals surface area (Å²) in [5, 5.41) is 15.7. The van der Waals surface area contributed by atoms with Gasteiger partial charge in [0.2, 0.25) is 0 Å². The Bertz CT molecular complexity index is 966. The van der Waals surface area contributed by atoms with Crippen molar-refractivity contribution in [2.24, 2.45) is 11.3 Å². The van der Waals surface area contributed by atoms with Crippen molar-refractivity contribution in [1.29, 1.82) is 0 Å². The van der Waals surface area contributed by atoms with Crippen molar-refractivity contribution < 1.29 is 19.4 Å². The third-order valence-corrected chi connectivity index (χ3v) is 5.84. The van der Waals surface area contributed by atoms with Gasteiger partial charge in [0.25, 0.3) is 5.91 Å². The van der Waals surface area contributed by atoms with Crippen LogP contribution in [0, 0.1) is 18.3 Å². The molecule has 1 fully saturated rings. The summed E-state index contributed by atoms with van der Waals surface area (Å²) >= 11 is 0. The first-order valence-corrected chi connectivity index (χ1v) is 11.4. The fourth-order valence-electron chi connectivity index (χ4n) is 3.96. The molecule has 0 aliphatic carbocycles. The normalized spacial score (nSPS) is 15.6. The summed E-state index contributed by atoms with van der Waals surface area (Å²) in [4.78, 5) is 34.3. The zero-order valence-electron chi connectivity index (χ0n) is 19.9. The molecule has 8 nitrogen and oxygen atoms in total. The molecule has 8 heteroatoms. The second kappa shape index (κ2) is 10.7. The smallest absolute Gasteiger partial charge is 0.326 e. The molecule has 1 amide bonds. The topological polar surface area (TPSA) is 113 Å². The molecule has 178 valence electrons. The number of carboxylic acid groups (broad SMARTS) is 1. The number of aliphatic carboxylic acids is 1. The maximum atomic E-state index is 13.3. The van der Waals surface area contributed by atoms with Gasteiger partial charge in [0.15, 0.2) is 11.4 Å². The summed E-state index contributed by atoms with van der Waals surface area (Å²) in [5.41, 5.74) is 0.919. The fraction of sp³-hybridized carbons (Fsp3) is 0.520. The van der Waals surface area contributed by atoms with E-state index in [4.69, 9.17) is 4.74 Å². The van der Waals surface area contributed by atoms with Gasteiger partial charge in [-0.2, -0.15) is 0 Å². The number of ether oxygens (including phenoxy) is 1. The maximum absolute atomic E-state index is 13.3. The van der Waals surface area contributed by atoms with Crippen LogP contribution in [0.1, 0.15) is 61.2 Å². The number of rotatable bonds is 8. The Balaban J connectivity index is 1.91. The zero-order valence-corrected chi connectivity index (χ0v) is 19.9. The molecule has 1 aromatic carbocycles. The molecule has 0 bridgehead atoms. The summed E-state index contributed by atoms with van der Waals surface area (Å²) in [6.45, 7) is 9.28.